The van der Waals surface area contributed by atoms with E-state index in [2.05, 4.69) is 108 Å². The molecule has 9 aromatic rings. The van der Waals surface area contributed by atoms with Crippen LogP contribution in [0.3, 0.4) is 0 Å². The van der Waals surface area contributed by atoms with Crippen LogP contribution in [-0.4, -0.2) is 12.4 Å². The molecule has 0 spiro atoms. The topological polar surface area (TPSA) is 9.23 Å². The number of halogens is 9. The van der Waals surface area contributed by atoms with Gasteiger partial charge >= 0.3 is 18.5 Å². The Morgan fingerprint density at radius 3 is 0.987 bits per heavy atom. The van der Waals surface area contributed by atoms with E-state index in [1.807, 2.05) is 74.5 Å². The van der Waals surface area contributed by atoms with Crippen molar-refractivity contribution >= 4 is 0 Å². The van der Waals surface area contributed by atoms with E-state index in [0.29, 0.717) is 22.3 Å². The summed E-state index contributed by atoms with van der Waals surface area (Å²) in [5.41, 5.74) is 12.0. The van der Waals surface area contributed by atoms with Crippen molar-refractivity contribution in [2.45, 2.75) is 100 Å². The average molecular weight is 1080 g/mol. The Bertz CT molecular complexity index is 3380. The number of alkyl halides is 9. The highest BCUT2D eigenvalue weighted by Crippen LogP contribution is 2.56. The molecule has 0 aliphatic carbocycles. The monoisotopic (exact) mass is 1080 g/mol. The van der Waals surface area contributed by atoms with Crippen LogP contribution in [0.2, 0.25) is 0 Å². The minimum absolute atomic E-state index is 0.580. The van der Waals surface area contributed by atoms with Gasteiger partial charge in [0.25, 0.3) is 0 Å². The summed E-state index contributed by atoms with van der Waals surface area (Å²) in [6.07, 6.45) is -15.4. The van der Waals surface area contributed by atoms with Crippen molar-refractivity contribution in [2.24, 2.45) is 0 Å². The summed E-state index contributed by atoms with van der Waals surface area (Å²) in [5, 5.41) is 0. The van der Waals surface area contributed by atoms with Gasteiger partial charge in [-0.3, -0.25) is 0 Å². The molecule has 79 heavy (non-hydrogen) atoms. The average Bonchev–Trinajstić information content (AvgIpc) is 3.37. The highest BCUT2D eigenvalue weighted by molar-refractivity contribution is 5.71. The first-order valence-electron chi connectivity index (χ1n) is 25.7. The van der Waals surface area contributed by atoms with Gasteiger partial charge in [-0.15, -0.1) is 0 Å². The maximum atomic E-state index is 13.7. The zero-order chi connectivity index (χ0) is 58.0. The number of aryl methyl sites for hydroxylation is 11. The predicted molar refractivity (Wildman–Crippen MR) is 305 cm³/mol. The Hall–Kier alpha value is -7.85. The maximum Gasteiger partial charge on any atom is 0.416 e. The van der Waals surface area contributed by atoms with Crippen LogP contribution in [0.5, 0.6) is 11.5 Å². The summed E-state index contributed by atoms with van der Waals surface area (Å²) in [5.74, 6) is 1.72. The molecule has 1 nitrogen and oxygen atoms in total. The first-order chi connectivity index (χ1) is 37.0. The Kier molecular flexibility index (Phi) is 19.3. The van der Waals surface area contributed by atoms with E-state index in [1.54, 1.807) is 26.8 Å². The fraction of sp³-hybridized carbons (Fsp3) is 0.217. The number of hydrogen-bond acceptors (Lipinski definition) is 1. The Morgan fingerprint density at radius 2 is 0.608 bits per heavy atom. The van der Waals surface area contributed by atoms with E-state index in [4.69, 9.17) is 4.74 Å². The molecule has 0 radical (unpaired) electrons. The van der Waals surface area contributed by atoms with E-state index in [9.17, 15) is 39.5 Å². The standard InChI is InChI=1S/C20H18O.C17H14F6.C16H15F3.C16H18/c1-15-8-9-16(2)20(14-15)17-10-12-19(13-11-17)21-18-6-4-3-5-7-18;1-11-3-7-13(8-4-11)15(16(18,19)20,17(21,22)23)14-9-5-12(2)6-10-14;1-10-4-5-12(3)15(8-10)13-6-11(2)7-14(9-13)16(17,18)19;1-11-5-6-14(4)16(10-11)15-8-12(2)7-13(3)9-15/h3-14H,1-2H3;3-10H,1-2H3;4-9H,1-3H3;5-10H,1-4H3. The second-order valence-electron chi connectivity index (χ2n) is 20.3. The fourth-order valence-electron chi connectivity index (χ4n) is 9.29. The summed E-state index contributed by atoms with van der Waals surface area (Å²) in [7, 11) is 0. The molecule has 410 valence electrons. The lowest BCUT2D eigenvalue weighted by molar-refractivity contribution is -0.288. The molecule has 0 saturated heterocycles. The zero-order valence-electron chi connectivity index (χ0n) is 46.3. The number of rotatable bonds is 7. The van der Waals surface area contributed by atoms with Crippen molar-refractivity contribution in [1.82, 2.24) is 0 Å². The summed E-state index contributed by atoms with van der Waals surface area (Å²) in [4.78, 5) is 0. The minimum atomic E-state index is -5.53. The van der Waals surface area contributed by atoms with Gasteiger partial charge in [-0.2, -0.15) is 39.5 Å². The van der Waals surface area contributed by atoms with Gasteiger partial charge in [0.2, 0.25) is 5.41 Å². The van der Waals surface area contributed by atoms with Gasteiger partial charge in [-0.25, -0.2) is 0 Å². The highest BCUT2D eigenvalue weighted by atomic mass is 19.4. The Morgan fingerprint density at radius 1 is 0.266 bits per heavy atom. The van der Waals surface area contributed by atoms with Crippen molar-refractivity contribution in [2.75, 3.05) is 0 Å². The third kappa shape index (κ3) is 15.5. The predicted octanol–water partition coefficient (Wildman–Crippen LogP) is 21.4. The van der Waals surface area contributed by atoms with Crippen molar-refractivity contribution in [3.8, 4) is 44.9 Å². The molecule has 10 heteroatoms. The van der Waals surface area contributed by atoms with Gasteiger partial charge in [0.1, 0.15) is 11.5 Å². The summed E-state index contributed by atoms with van der Waals surface area (Å²) in [6, 6.07) is 56.5. The third-order valence-electron chi connectivity index (χ3n) is 13.4. The third-order valence-corrected chi connectivity index (χ3v) is 13.4. The van der Waals surface area contributed by atoms with Gasteiger partial charge in [0.05, 0.1) is 5.56 Å². The largest absolute Gasteiger partial charge is 0.457 e. The number of para-hydroxylation sites is 1. The normalized spacial score (nSPS) is 11.5. The summed E-state index contributed by atoms with van der Waals surface area (Å²) < 4.78 is 127. The second-order valence-corrected chi connectivity index (χ2v) is 20.3. The van der Waals surface area contributed by atoms with Gasteiger partial charge in [-0.05, 0) is 179 Å². The van der Waals surface area contributed by atoms with Crippen LogP contribution >= 0.6 is 0 Å². The molecule has 9 aromatic carbocycles. The molecule has 0 bridgehead atoms. The molecule has 0 saturated carbocycles. The lowest BCUT2D eigenvalue weighted by atomic mass is 9.72. The van der Waals surface area contributed by atoms with Crippen LogP contribution in [0.4, 0.5) is 39.5 Å². The number of benzene rings is 9. The fourth-order valence-corrected chi connectivity index (χ4v) is 9.29. The summed E-state index contributed by atoms with van der Waals surface area (Å²) >= 11 is 0. The molecule has 0 N–H and O–H groups in total. The molecule has 0 aliphatic heterocycles. The number of ether oxygens (including phenoxy) is 1. The van der Waals surface area contributed by atoms with E-state index >= 15 is 0 Å². The quantitative estimate of drug-likeness (QED) is 0.145. The van der Waals surface area contributed by atoms with Gasteiger partial charge in [-0.1, -0.05) is 197 Å². The van der Waals surface area contributed by atoms with Crippen LogP contribution in [-0.2, 0) is 11.6 Å². The zero-order valence-corrected chi connectivity index (χ0v) is 46.3. The SMILES string of the molecule is Cc1cc(-c2cc(C)ccc2C)cc(C(F)(F)F)c1.Cc1cc(C)cc(-c2cc(C)ccc2C)c1.Cc1ccc(C(c2ccc(C)cc2)(C(F)(F)F)C(F)(F)F)cc1.Cc1ccc(C)c(-c2ccc(Oc3ccccc3)cc2)c1. The molecule has 0 atom stereocenters. The molecule has 0 amide bonds. The van der Waals surface area contributed by atoms with Crippen LogP contribution in [0.25, 0.3) is 33.4 Å². The molecular weight excluding hydrogens is 1020 g/mol. The molecular formula is C69H65F9O. The number of hydrogen-bond donors (Lipinski definition) is 0. The molecule has 0 heterocycles. The van der Waals surface area contributed by atoms with Crippen LogP contribution in [0.15, 0.2) is 194 Å². The minimum Gasteiger partial charge on any atom is -0.457 e. The lowest BCUT2D eigenvalue weighted by Crippen LogP contribution is -2.54. The van der Waals surface area contributed by atoms with Crippen molar-refractivity contribution in [3.63, 3.8) is 0 Å². The Labute approximate surface area is 459 Å². The van der Waals surface area contributed by atoms with Crippen molar-refractivity contribution in [3.05, 3.63) is 272 Å². The highest BCUT2D eigenvalue weighted by Gasteiger charge is 2.72. The molecule has 9 rings (SSSR count). The molecule has 0 fully saturated rings. The van der Waals surface area contributed by atoms with Crippen LogP contribution in [0, 0.1) is 76.2 Å². The van der Waals surface area contributed by atoms with E-state index in [0.717, 1.165) is 52.5 Å². The van der Waals surface area contributed by atoms with Crippen molar-refractivity contribution in [1.29, 1.82) is 0 Å². The first-order valence-corrected chi connectivity index (χ1v) is 25.7. The molecule has 0 aliphatic rings. The lowest BCUT2D eigenvalue weighted by Gasteiger charge is -2.38. The van der Waals surface area contributed by atoms with E-state index < -0.39 is 40.6 Å². The van der Waals surface area contributed by atoms with Crippen LogP contribution in [0.1, 0.15) is 77.9 Å². The summed E-state index contributed by atoms with van der Waals surface area (Å²) in [6.45, 7) is 21.6. The molecule has 0 aromatic heterocycles. The van der Waals surface area contributed by atoms with Gasteiger partial charge in [0, 0.05) is 0 Å². The van der Waals surface area contributed by atoms with Gasteiger partial charge in [0.15, 0.2) is 0 Å². The van der Waals surface area contributed by atoms with Crippen molar-refractivity contribution < 1.29 is 44.3 Å². The first kappa shape index (κ1) is 60.4. The second kappa shape index (κ2) is 25.3. The van der Waals surface area contributed by atoms with E-state index in [1.165, 1.54) is 92.0 Å². The maximum absolute atomic E-state index is 13.7. The van der Waals surface area contributed by atoms with E-state index in [-0.39, 0.29) is 0 Å². The van der Waals surface area contributed by atoms with Crippen LogP contribution < -0.4 is 4.74 Å². The molecule has 0 unspecified atom stereocenters. The van der Waals surface area contributed by atoms with Gasteiger partial charge < -0.3 is 4.74 Å². The smallest absolute Gasteiger partial charge is 0.416 e. The Balaban J connectivity index is 0.000000171.